The van der Waals surface area contributed by atoms with Crippen LogP contribution in [0.15, 0.2) is 122 Å². The summed E-state index contributed by atoms with van der Waals surface area (Å²) < 4.78 is 48.7. The lowest BCUT2D eigenvalue weighted by atomic mass is 10.1. The molecule has 0 saturated carbocycles. The van der Waals surface area contributed by atoms with Crippen molar-refractivity contribution in [2.45, 2.75) is 50.9 Å². The fraction of sp³-hybridized carbons (Fsp3) is 0.211. The van der Waals surface area contributed by atoms with Gasteiger partial charge in [-0.15, -0.1) is 11.6 Å². The van der Waals surface area contributed by atoms with E-state index < -0.39 is 23.9 Å². The molecule has 0 aliphatic heterocycles. The van der Waals surface area contributed by atoms with Crippen LogP contribution < -0.4 is 0 Å². The highest BCUT2D eigenvalue weighted by Crippen LogP contribution is 2.33. The summed E-state index contributed by atoms with van der Waals surface area (Å²) in [4.78, 5) is 7.86. The average Bonchev–Trinajstić information content (AvgIpc) is 3.83. The van der Waals surface area contributed by atoms with Gasteiger partial charge in [0.15, 0.2) is 0 Å². The Labute approximate surface area is 325 Å². The van der Waals surface area contributed by atoms with E-state index in [0.717, 1.165) is 12.1 Å². The Morgan fingerprint density at radius 2 is 1.38 bits per heavy atom. The van der Waals surface area contributed by atoms with Crippen LogP contribution in [0.2, 0.25) is 20.1 Å². The number of aliphatic hydroxyl groups is 1. The van der Waals surface area contributed by atoms with Gasteiger partial charge in [0, 0.05) is 56.3 Å². The summed E-state index contributed by atoms with van der Waals surface area (Å²) in [5, 5.41) is 12.0. The van der Waals surface area contributed by atoms with Crippen LogP contribution in [0, 0.1) is 6.92 Å². The maximum atomic E-state index is 13.1. The first kappa shape index (κ1) is 41.2. The zero-order valence-electron chi connectivity index (χ0n) is 27.7. The lowest BCUT2D eigenvalue weighted by Gasteiger charge is -2.20. The minimum Gasteiger partial charge on any atom is -0.386 e. The fourth-order valence-electron chi connectivity index (χ4n) is 4.73. The first-order chi connectivity index (χ1) is 24.8. The number of nitrogens with zero attached hydrogens (tertiary/aromatic N) is 4. The van der Waals surface area contributed by atoms with Crippen LogP contribution in [-0.4, -0.2) is 24.2 Å². The molecule has 52 heavy (non-hydrogen) atoms. The van der Waals surface area contributed by atoms with Crippen LogP contribution in [-0.2, 0) is 36.5 Å². The smallest absolute Gasteiger partial charge is 0.386 e. The van der Waals surface area contributed by atoms with Gasteiger partial charge in [-0.25, -0.2) is 9.97 Å². The van der Waals surface area contributed by atoms with Crippen LogP contribution in [0.5, 0.6) is 0 Å². The number of halogens is 8. The lowest BCUT2D eigenvalue weighted by molar-refractivity contribution is -0.137. The maximum absolute atomic E-state index is 13.1. The van der Waals surface area contributed by atoms with Gasteiger partial charge in [-0.05, 0) is 60.0 Å². The molecule has 2 unspecified atom stereocenters. The van der Waals surface area contributed by atoms with Gasteiger partial charge in [0.1, 0.15) is 6.10 Å². The normalized spacial score (nSPS) is 12.3. The summed E-state index contributed by atoms with van der Waals surface area (Å²) in [6, 6.07) is 23.4. The minimum atomic E-state index is -4.42. The molecule has 1 N–H and O–H groups in total. The molecule has 2 aromatic heterocycles. The number of aliphatic hydroxyl groups excluding tert-OH is 1. The van der Waals surface area contributed by atoms with E-state index in [2.05, 4.69) is 29.0 Å². The first-order valence-electron chi connectivity index (χ1n) is 15.7. The Kier molecular flexibility index (Phi) is 15.9. The molecule has 2 heterocycles. The summed E-state index contributed by atoms with van der Waals surface area (Å²) >= 11 is 29.4. The van der Waals surface area contributed by atoms with Crippen molar-refractivity contribution in [3.63, 3.8) is 0 Å². The Morgan fingerprint density at radius 3 is 1.94 bits per heavy atom. The molecule has 0 bridgehead atoms. The van der Waals surface area contributed by atoms with Gasteiger partial charge >= 0.3 is 6.18 Å². The Bertz CT molecular complexity index is 1960. The predicted octanol–water partition coefficient (Wildman–Crippen LogP) is 11.8. The summed E-state index contributed by atoms with van der Waals surface area (Å²) in [6.45, 7) is 2.93. The third kappa shape index (κ3) is 13.1. The van der Waals surface area contributed by atoms with Gasteiger partial charge in [-0.3, -0.25) is 0 Å². The predicted molar refractivity (Wildman–Crippen MR) is 202 cm³/mol. The van der Waals surface area contributed by atoms with E-state index in [-0.39, 0.29) is 6.61 Å². The third-order valence-electron chi connectivity index (χ3n) is 7.52. The SMILES string of the molecule is Cc1ccc(CCl)cc1.FC(F)(F)c1cccc(C(Cn2ccnc2)OCc2ccc(Cl)cc2Cl)c1.OC(Cn1ccnc1)c1ccc(Cl)cc1Cl. The van der Waals surface area contributed by atoms with Crippen LogP contribution in [0.3, 0.4) is 0 Å². The molecule has 6 aromatic rings. The topological polar surface area (TPSA) is 65.1 Å². The molecular weight excluding hydrogens is 779 g/mol. The third-order valence-corrected chi connectivity index (χ3v) is 8.97. The molecule has 0 amide bonds. The number of hydrogen-bond donors (Lipinski definition) is 1. The van der Waals surface area contributed by atoms with Crippen molar-refractivity contribution in [1.29, 1.82) is 0 Å². The number of hydrogen-bond acceptors (Lipinski definition) is 4. The number of imidazole rings is 2. The second kappa shape index (κ2) is 20.1. The van der Waals surface area contributed by atoms with Crippen molar-refractivity contribution in [2.24, 2.45) is 0 Å². The molecule has 14 heteroatoms. The Morgan fingerprint density at radius 1 is 0.769 bits per heavy atom. The molecule has 0 aliphatic rings. The zero-order chi connectivity index (χ0) is 37.7. The van der Waals surface area contributed by atoms with Gasteiger partial charge in [0.2, 0.25) is 0 Å². The largest absolute Gasteiger partial charge is 0.416 e. The maximum Gasteiger partial charge on any atom is 0.416 e. The fourth-order valence-corrected chi connectivity index (χ4v) is 5.90. The minimum absolute atomic E-state index is 0.131. The number of alkyl halides is 4. The van der Waals surface area contributed by atoms with Gasteiger partial charge in [0.25, 0.3) is 0 Å². The molecule has 2 atom stereocenters. The molecule has 0 fully saturated rings. The monoisotopic (exact) mass is 810 g/mol. The van der Waals surface area contributed by atoms with Crippen molar-refractivity contribution >= 4 is 58.0 Å². The van der Waals surface area contributed by atoms with E-state index in [1.54, 1.807) is 89.0 Å². The molecule has 0 spiro atoms. The van der Waals surface area contributed by atoms with Crippen LogP contribution >= 0.6 is 58.0 Å². The molecule has 0 radical (unpaired) electrons. The van der Waals surface area contributed by atoms with E-state index >= 15 is 0 Å². The van der Waals surface area contributed by atoms with E-state index in [1.165, 1.54) is 17.2 Å². The van der Waals surface area contributed by atoms with E-state index in [9.17, 15) is 18.3 Å². The zero-order valence-corrected chi connectivity index (χ0v) is 31.5. The van der Waals surface area contributed by atoms with Crippen LogP contribution in [0.25, 0.3) is 0 Å². The van der Waals surface area contributed by atoms with E-state index in [4.69, 9.17) is 62.7 Å². The van der Waals surface area contributed by atoms with Gasteiger partial charge < -0.3 is 19.0 Å². The number of aryl methyl sites for hydroxylation is 1. The van der Waals surface area contributed by atoms with Gasteiger partial charge in [0.05, 0.1) is 44.0 Å². The van der Waals surface area contributed by atoms with Crippen molar-refractivity contribution < 1.29 is 23.0 Å². The van der Waals surface area contributed by atoms with Crippen molar-refractivity contribution in [2.75, 3.05) is 0 Å². The van der Waals surface area contributed by atoms with Crippen molar-refractivity contribution in [3.05, 3.63) is 176 Å². The second-order valence-electron chi connectivity index (χ2n) is 11.5. The summed E-state index contributed by atoms with van der Waals surface area (Å²) in [7, 11) is 0. The standard InChI is InChI=1S/C19H15Cl2F3N2O.C11H10Cl2N2O.C8H9Cl/c20-16-5-4-14(17(21)9-16)11-27-18(10-26-7-6-25-12-26)13-2-1-3-15(8-13)19(22,23)24;12-8-1-2-9(10(13)5-8)11(16)6-15-4-3-14-7-15;1-7-2-4-8(6-9)5-3-7/h1-9,12,18H,10-11H2;1-5,7,11,16H,6H2;2-5H,6H2,1H3. The molecule has 6 nitrogen and oxygen atoms in total. The summed E-state index contributed by atoms with van der Waals surface area (Å²) in [6.07, 6.45) is 4.29. The van der Waals surface area contributed by atoms with Crippen LogP contribution in [0.4, 0.5) is 13.2 Å². The second-order valence-corrected chi connectivity index (χ2v) is 13.4. The van der Waals surface area contributed by atoms with Crippen molar-refractivity contribution in [3.8, 4) is 0 Å². The Balaban J connectivity index is 0.000000203. The number of benzene rings is 4. The molecular formula is C38H34Cl5F3N4O2. The summed E-state index contributed by atoms with van der Waals surface area (Å²) in [5.74, 6) is 0.611. The van der Waals surface area contributed by atoms with E-state index in [0.29, 0.717) is 55.8 Å². The summed E-state index contributed by atoms with van der Waals surface area (Å²) in [5.41, 5.74) is 3.53. The van der Waals surface area contributed by atoms with Crippen LogP contribution in [0.1, 0.15) is 45.6 Å². The van der Waals surface area contributed by atoms with E-state index in [1.807, 2.05) is 12.1 Å². The van der Waals surface area contributed by atoms with Crippen molar-refractivity contribution in [1.82, 2.24) is 19.1 Å². The highest BCUT2D eigenvalue weighted by Gasteiger charge is 2.31. The highest BCUT2D eigenvalue weighted by atomic mass is 35.5. The number of ether oxygens (including phenoxy) is 1. The molecule has 6 rings (SSSR count). The highest BCUT2D eigenvalue weighted by molar-refractivity contribution is 6.35. The molecule has 4 aromatic carbocycles. The van der Waals surface area contributed by atoms with Gasteiger partial charge in [-0.2, -0.15) is 13.2 Å². The quantitative estimate of drug-likeness (QED) is 0.140. The lowest BCUT2D eigenvalue weighted by Crippen LogP contribution is -2.14. The average molecular weight is 813 g/mol. The van der Waals surface area contributed by atoms with Gasteiger partial charge in [-0.1, -0.05) is 100 Å². The molecule has 0 saturated heterocycles. The molecule has 274 valence electrons. The number of aromatic nitrogens is 4. The first-order valence-corrected chi connectivity index (χ1v) is 17.8. The Hall–Kier alpha value is -3.54. The molecule has 0 aliphatic carbocycles. The number of rotatable bonds is 10.